The maximum Gasteiger partial charge on any atom is 0.163 e. The average molecular weight is 246 g/mol. The molecule has 2 rings (SSSR count). The smallest absolute Gasteiger partial charge is 0.163 e. The van der Waals surface area contributed by atoms with Crippen LogP contribution in [-0.4, -0.2) is 24.8 Å². The lowest BCUT2D eigenvalue weighted by Gasteiger charge is -2.26. The van der Waals surface area contributed by atoms with Gasteiger partial charge in [0.2, 0.25) is 0 Å². The van der Waals surface area contributed by atoms with Crippen LogP contribution in [0.1, 0.15) is 36.0 Å². The van der Waals surface area contributed by atoms with Crippen molar-refractivity contribution in [1.82, 2.24) is 0 Å². The molecule has 1 aliphatic rings. The summed E-state index contributed by atoms with van der Waals surface area (Å²) in [6.45, 7) is 0. The monoisotopic (exact) mass is 246 g/mol. The lowest BCUT2D eigenvalue weighted by molar-refractivity contribution is -0.127. The van der Waals surface area contributed by atoms with E-state index >= 15 is 0 Å². The molecular weight excluding hydrogens is 228 g/mol. The Morgan fingerprint density at radius 2 is 2.06 bits per heavy atom. The summed E-state index contributed by atoms with van der Waals surface area (Å²) in [4.78, 5) is 23.9. The fourth-order valence-electron chi connectivity index (χ4n) is 2.45. The summed E-state index contributed by atoms with van der Waals surface area (Å²) in [6, 6.07) is 9.15. The first-order valence-electron chi connectivity index (χ1n) is 6.34. The summed E-state index contributed by atoms with van der Waals surface area (Å²) in [5.74, 6) is 0.0784. The molecule has 2 atom stereocenters. The number of methoxy groups -OCH3 is 1. The third kappa shape index (κ3) is 3.05. The maximum atomic E-state index is 12.1. The standard InChI is InChI=1S/C15H18O3/c1-18-13-7-8-14(16)12(9-13)10-15(17)11-5-3-2-4-6-11/h2-6,12-13H,7-10H2,1H3/t12-,13-/m1/s1. The Hall–Kier alpha value is -1.48. The number of hydrogen-bond donors (Lipinski definition) is 0. The molecule has 0 bridgehead atoms. The highest BCUT2D eigenvalue weighted by molar-refractivity contribution is 5.99. The van der Waals surface area contributed by atoms with E-state index in [1.165, 1.54) is 0 Å². The van der Waals surface area contributed by atoms with E-state index in [9.17, 15) is 9.59 Å². The Bertz CT molecular complexity index is 425. The summed E-state index contributed by atoms with van der Waals surface area (Å²) in [7, 11) is 1.66. The Kier molecular flexibility index (Phi) is 4.26. The molecular formula is C15H18O3. The van der Waals surface area contributed by atoms with Gasteiger partial charge in [-0.2, -0.15) is 0 Å². The van der Waals surface area contributed by atoms with Crippen molar-refractivity contribution >= 4 is 11.6 Å². The van der Waals surface area contributed by atoms with Gasteiger partial charge in [-0.1, -0.05) is 30.3 Å². The van der Waals surface area contributed by atoms with Crippen LogP contribution < -0.4 is 0 Å². The number of benzene rings is 1. The summed E-state index contributed by atoms with van der Waals surface area (Å²) < 4.78 is 5.29. The molecule has 3 nitrogen and oxygen atoms in total. The normalized spacial score (nSPS) is 23.9. The van der Waals surface area contributed by atoms with Gasteiger partial charge in [-0.3, -0.25) is 9.59 Å². The van der Waals surface area contributed by atoms with E-state index in [1.807, 2.05) is 18.2 Å². The zero-order valence-corrected chi connectivity index (χ0v) is 10.6. The molecule has 0 amide bonds. The van der Waals surface area contributed by atoms with Crippen LogP contribution in [0.4, 0.5) is 0 Å². The number of ketones is 2. The molecule has 3 heteroatoms. The molecule has 0 spiro atoms. The third-order valence-corrected chi connectivity index (χ3v) is 3.58. The van der Waals surface area contributed by atoms with E-state index in [2.05, 4.69) is 0 Å². The Morgan fingerprint density at radius 1 is 1.33 bits per heavy atom. The number of hydrogen-bond acceptors (Lipinski definition) is 3. The van der Waals surface area contributed by atoms with E-state index in [0.717, 1.165) is 6.42 Å². The van der Waals surface area contributed by atoms with Gasteiger partial charge in [-0.15, -0.1) is 0 Å². The SMILES string of the molecule is CO[C@@H]1CCC(=O)[C@@H](CC(=O)c2ccccc2)C1. The number of carbonyl (C=O) groups is 2. The second kappa shape index (κ2) is 5.91. The van der Waals surface area contributed by atoms with Crippen molar-refractivity contribution in [2.24, 2.45) is 5.92 Å². The summed E-state index contributed by atoms with van der Waals surface area (Å²) in [5.41, 5.74) is 0.685. The van der Waals surface area contributed by atoms with Gasteiger partial charge >= 0.3 is 0 Å². The first-order valence-corrected chi connectivity index (χ1v) is 6.34. The van der Waals surface area contributed by atoms with Crippen LogP contribution in [0.15, 0.2) is 30.3 Å². The van der Waals surface area contributed by atoms with Crippen molar-refractivity contribution in [2.75, 3.05) is 7.11 Å². The average Bonchev–Trinajstić information content (AvgIpc) is 2.42. The van der Waals surface area contributed by atoms with Gasteiger partial charge in [-0.05, 0) is 12.8 Å². The topological polar surface area (TPSA) is 43.4 Å². The molecule has 18 heavy (non-hydrogen) atoms. The third-order valence-electron chi connectivity index (χ3n) is 3.58. The molecule has 1 fully saturated rings. The molecule has 0 unspecified atom stereocenters. The lowest BCUT2D eigenvalue weighted by Crippen LogP contribution is -2.30. The fraction of sp³-hybridized carbons (Fsp3) is 0.467. The molecule has 1 saturated carbocycles. The van der Waals surface area contributed by atoms with Crippen LogP contribution in [0.25, 0.3) is 0 Å². The molecule has 0 aromatic heterocycles. The van der Waals surface area contributed by atoms with Crippen LogP contribution >= 0.6 is 0 Å². The van der Waals surface area contributed by atoms with Crippen LogP contribution in [-0.2, 0) is 9.53 Å². The minimum Gasteiger partial charge on any atom is -0.381 e. The molecule has 1 aromatic carbocycles. The highest BCUT2D eigenvalue weighted by Crippen LogP contribution is 2.26. The largest absolute Gasteiger partial charge is 0.381 e. The first kappa shape index (κ1) is 13.0. The Morgan fingerprint density at radius 3 is 2.72 bits per heavy atom. The van der Waals surface area contributed by atoms with E-state index in [0.29, 0.717) is 24.8 Å². The Labute approximate surface area is 107 Å². The minimum absolute atomic E-state index is 0.0469. The molecule has 0 N–H and O–H groups in total. The predicted octanol–water partition coefficient (Wildman–Crippen LogP) is 2.64. The minimum atomic E-state index is -0.170. The summed E-state index contributed by atoms with van der Waals surface area (Å²) in [6.07, 6.45) is 2.42. The zero-order chi connectivity index (χ0) is 13.0. The molecule has 1 aliphatic carbocycles. The van der Waals surface area contributed by atoms with E-state index in [-0.39, 0.29) is 23.6 Å². The molecule has 0 aliphatic heterocycles. The van der Waals surface area contributed by atoms with Crippen LogP contribution in [0.5, 0.6) is 0 Å². The first-order chi connectivity index (χ1) is 8.70. The lowest BCUT2D eigenvalue weighted by atomic mass is 9.82. The van der Waals surface area contributed by atoms with Crippen molar-refractivity contribution in [3.63, 3.8) is 0 Å². The van der Waals surface area contributed by atoms with Gasteiger partial charge in [0.25, 0.3) is 0 Å². The number of Topliss-reactive ketones (excluding diaryl/α,β-unsaturated/α-hetero) is 2. The second-order valence-electron chi connectivity index (χ2n) is 4.79. The molecule has 0 radical (unpaired) electrons. The van der Waals surface area contributed by atoms with Gasteiger partial charge in [0.1, 0.15) is 5.78 Å². The van der Waals surface area contributed by atoms with Gasteiger partial charge in [0, 0.05) is 31.4 Å². The molecule has 96 valence electrons. The number of ether oxygens (including phenoxy) is 1. The van der Waals surface area contributed by atoms with Crippen molar-refractivity contribution in [3.8, 4) is 0 Å². The van der Waals surface area contributed by atoms with Gasteiger partial charge in [0.15, 0.2) is 5.78 Å². The zero-order valence-electron chi connectivity index (χ0n) is 10.6. The summed E-state index contributed by atoms with van der Waals surface area (Å²) in [5, 5.41) is 0. The van der Waals surface area contributed by atoms with Gasteiger partial charge in [-0.25, -0.2) is 0 Å². The molecule has 0 heterocycles. The van der Waals surface area contributed by atoms with E-state index < -0.39 is 0 Å². The van der Waals surface area contributed by atoms with Crippen LogP contribution in [0.3, 0.4) is 0 Å². The van der Waals surface area contributed by atoms with Crippen molar-refractivity contribution in [3.05, 3.63) is 35.9 Å². The highest BCUT2D eigenvalue weighted by atomic mass is 16.5. The maximum absolute atomic E-state index is 12.1. The van der Waals surface area contributed by atoms with E-state index in [1.54, 1.807) is 19.2 Å². The molecule has 1 aromatic rings. The predicted molar refractivity (Wildman–Crippen MR) is 68.5 cm³/mol. The fourth-order valence-corrected chi connectivity index (χ4v) is 2.45. The Balaban J connectivity index is 2.00. The number of carbonyl (C=O) groups excluding carboxylic acids is 2. The van der Waals surface area contributed by atoms with Crippen molar-refractivity contribution in [2.45, 2.75) is 31.8 Å². The second-order valence-corrected chi connectivity index (χ2v) is 4.79. The van der Waals surface area contributed by atoms with Crippen molar-refractivity contribution < 1.29 is 14.3 Å². The highest BCUT2D eigenvalue weighted by Gasteiger charge is 2.30. The summed E-state index contributed by atoms with van der Waals surface area (Å²) >= 11 is 0. The van der Waals surface area contributed by atoms with E-state index in [4.69, 9.17) is 4.74 Å². The van der Waals surface area contributed by atoms with Gasteiger partial charge < -0.3 is 4.74 Å². The molecule has 0 saturated heterocycles. The van der Waals surface area contributed by atoms with Crippen LogP contribution in [0, 0.1) is 5.92 Å². The quantitative estimate of drug-likeness (QED) is 0.767. The van der Waals surface area contributed by atoms with Crippen molar-refractivity contribution in [1.29, 1.82) is 0 Å². The van der Waals surface area contributed by atoms with Gasteiger partial charge in [0.05, 0.1) is 6.10 Å². The number of rotatable bonds is 4. The van der Waals surface area contributed by atoms with Crippen LogP contribution in [0.2, 0.25) is 0 Å².